The molecule has 0 saturated carbocycles. The number of alkyl carbamates (subject to hydrolysis) is 1. The van der Waals surface area contributed by atoms with Gasteiger partial charge in [0.05, 0.1) is 13.2 Å². The third-order valence-corrected chi connectivity index (χ3v) is 2.67. The first-order chi connectivity index (χ1) is 8.54. The molecule has 18 heavy (non-hydrogen) atoms. The summed E-state index contributed by atoms with van der Waals surface area (Å²) in [5.74, 6) is 0. The van der Waals surface area contributed by atoms with Gasteiger partial charge in [0.15, 0.2) is 6.29 Å². The van der Waals surface area contributed by atoms with Crippen LogP contribution in [-0.4, -0.2) is 72.4 Å². The van der Waals surface area contributed by atoms with Crippen LogP contribution in [0.4, 0.5) is 4.79 Å². The smallest absolute Gasteiger partial charge is 0.407 e. The lowest BCUT2D eigenvalue weighted by atomic mass is 9.97. The fraction of sp³-hybridized carbons (Fsp3) is 0.900. The standard InChI is InChI=1S/C10H19NO7/c1-3-17-10(15)11-6-8(14)7(13)5(4-12)18-9(6)16-2/h5-9,12-14H,3-4H2,1-2H3,(H,11,15)/t5-,6+,7-,8-,9-/m1/s1. The van der Waals surface area contributed by atoms with Crippen LogP contribution >= 0.6 is 0 Å². The van der Waals surface area contributed by atoms with Crippen LogP contribution in [0.15, 0.2) is 0 Å². The highest BCUT2D eigenvalue weighted by molar-refractivity contribution is 5.67. The molecule has 0 bridgehead atoms. The molecular formula is C10H19NO7. The molecule has 0 aromatic heterocycles. The average molecular weight is 265 g/mol. The number of aliphatic hydroxyl groups is 3. The summed E-state index contributed by atoms with van der Waals surface area (Å²) >= 11 is 0. The van der Waals surface area contributed by atoms with E-state index in [0.717, 1.165) is 0 Å². The van der Waals surface area contributed by atoms with Gasteiger partial charge < -0.3 is 34.8 Å². The number of hydrogen-bond donors (Lipinski definition) is 4. The van der Waals surface area contributed by atoms with Crippen LogP contribution < -0.4 is 5.32 Å². The van der Waals surface area contributed by atoms with Crippen LogP contribution in [0.1, 0.15) is 6.92 Å². The summed E-state index contributed by atoms with van der Waals surface area (Å²) in [5, 5.41) is 30.9. The minimum Gasteiger partial charge on any atom is -0.450 e. The molecule has 4 N–H and O–H groups in total. The van der Waals surface area contributed by atoms with Crippen LogP contribution in [0.2, 0.25) is 0 Å². The second-order valence-electron chi connectivity index (χ2n) is 3.83. The lowest BCUT2D eigenvalue weighted by Gasteiger charge is -2.41. The van der Waals surface area contributed by atoms with Crippen molar-refractivity contribution in [3.05, 3.63) is 0 Å². The van der Waals surface area contributed by atoms with E-state index in [1.807, 2.05) is 0 Å². The van der Waals surface area contributed by atoms with Gasteiger partial charge in [-0.1, -0.05) is 0 Å². The zero-order valence-electron chi connectivity index (χ0n) is 10.3. The quantitative estimate of drug-likeness (QED) is 0.473. The third kappa shape index (κ3) is 3.30. The predicted molar refractivity (Wildman–Crippen MR) is 58.7 cm³/mol. The molecule has 1 saturated heterocycles. The maximum Gasteiger partial charge on any atom is 0.407 e. The molecule has 8 nitrogen and oxygen atoms in total. The van der Waals surface area contributed by atoms with E-state index in [0.29, 0.717) is 0 Å². The molecule has 1 heterocycles. The van der Waals surface area contributed by atoms with Crippen molar-refractivity contribution >= 4 is 6.09 Å². The number of amides is 1. The van der Waals surface area contributed by atoms with Crippen LogP contribution in [0.25, 0.3) is 0 Å². The van der Waals surface area contributed by atoms with E-state index < -0.39 is 43.3 Å². The first-order valence-corrected chi connectivity index (χ1v) is 5.63. The van der Waals surface area contributed by atoms with E-state index in [2.05, 4.69) is 10.1 Å². The molecule has 8 heteroatoms. The number of rotatable bonds is 4. The number of carbonyl (C=O) groups excluding carboxylic acids is 1. The SMILES string of the molecule is CCOC(=O)N[C@@H]1[C@H](OC)O[C@H](CO)[C@@H](O)[C@@H]1O. The minimum absolute atomic E-state index is 0.176. The van der Waals surface area contributed by atoms with Gasteiger partial charge >= 0.3 is 6.09 Å². The number of aliphatic hydroxyl groups excluding tert-OH is 3. The van der Waals surface area contributed by atoms with Crippen molar-refractivity contribution < 1.29 is 34.3 Å². The molecule has 106 valence electrons. The van der Waals surface area contributed by atoms with Crippen LogP contribution in [0.5, 0.6) is 0 Å². The van der Waals surface area contributed by atoms with Crippen LogP contribution in [-0.2, 0) is 14.2 Å². The zero-order valence-corrected chi connectivity index (χ0v) is 10.3. The number of ether oxygens (including phenoxy) is 3. The molecule has 1 rings (SSSR count). The Hall–Kier alpha value is -0.930. The van der Waals surface area contributed by atoms with Crippen molar-refractivity contribution in [3.63, 3.8) is 0 Å². The number of methoxy groups -OCH3 is 1. The lowest BCUT2D eigenvalue weighted by molar-refractivity contribution is -0.262. The Morgan fingerprint density at radius 1 is 1.39 bits per heavy atom. The molecule has 0 unspecified atom stereocenters. The van der Waals surface area contributed by atoms with Crippen molar-refractivity contribution in [2.24, 2.45) is 0 Å². The third-order valence-electron chi connectivity index (χ3n) is 2.67. The van der Waals surface area contributed by atoms with Crippen molar-refractivity contribution in [3.8, 4) is 0 Å². The molecule has 0 radical (unpaired) electrons. The Morgan fingerprint density at radius 3 is 2.56 bits per heavy atom. The van der Waals surface area contributed by atoms with E-state index in [-0.39, 0.29) is 6.61 Å². The second kappa shape index (κ2) is 6.86. The van der Waals surface area contributed by atoms with Crippen molar-refractivity contribution in [1.82, 2.24) is 5.32 Å². The zero-order chi connectivity index (χ0) is 13.7. The average Bonchev–Trinajstić information content (AvgIpc) is 2.36. The number of nitrogens with one attached hydrogen (secondary N) is 1. The largest absolute Gasteiger partial charge is 0.450 e. The molecule has 1 amide bonds. The highest BCUT2D eigenvalue weighted by Crippen LogP contribution is 2.21. The van der Waals surface area contributed by atoms with Gasteiger partial charge in [-0.2, -0.15) is 0 Å². The number of carbonyl (C=O) groups is 1. The lowest BCUT2D eigenvalue weighted by Crippen LogP contribution is -2.64. The summed E-state index contributed by atoms with van der Waals surface area (Å²) in [4.78, 5) is 11.3. The molecule has 0 aliphatic carbocycles. The summed E-state index contributed by atoms with van der Waals surface area (Å²) < 4.78 is 14.8. The van der Waals surface area contributed by atoms with Crippen molar-refractivity contribution in [2.45, 2.75) is 37.6 Å². The van der Waals surface area contributed by atoms with Crippen LogP contribution in [0, 0.1) is 0 Å². The van der Waals surface area contributed by atoms with Gasteiger partial charge in [-0.25, -0.2) is 4.79 Å². The van der Waals surface area contributed by atoms with E-state index in [9.17, 15) is 15.0 Å². The molecule has 1 fully saturated rings. The van der Waals surface area contributed by atoms with Gasteiger partial charge in [-0.05, 0) is 6.92 Å². The highest BCUT2D eigenvalue weighted by Gasteiger charge is 2.45. The van der Waals surface area contributed by atoms with E-state index >= 15 is 0 Å². The normalized spacial score (nSPS) is 36.2. The van der Waals surface area contributed by atoms with E-state index in [4.69, 9.17) is 14.6 Å². The van der Waals surface area contributed by atoms with E-state index in [1.54, 1.807) is 6.92 Å². The summed E-state index contributed by atoms with van der Waals surface area (Å²) in [6.45, 7) is 1.34. The topological polar surface area (TPSA) is 117 Å². The highest BCUT2D eigenvalue weighted by atomic mass is 16.7. The monoisotopic (exact) mass is 265 g/mol. The number of hydrogen-bond acceptors (Lipinski definition) is 7. The summed E-state index contributed by atoms with van der Waals surface area (Å²) in [5.41, 5.74) is 0. The van der Waals surface area contributed by atoms with Gasteiger partial charge in [0.2, 0.25) is 0 Å². The maximum atomic E-state index is 11.3. The summed E-state index contributed by atoms with van der Waals surface area (Å²) in [6.07, 6.45) is -5.35. The van der Waals surface area contributed by atoms with Gasteiger partial charge in [-0.3, -0.25) is 0 Å². The minimum atomic E-state index is -1.33. The van der Waals surface area contributed by atoms with Gasteiger partial charge in [0.1, 0.15) is 24.4 Å². The Kier molecular flexibility index (Phi) is 5.76. The molecule has 5 atom stereocenters. The molecule has 1 aliphatic heterocycles. The first-order valence-electron chi connectivity index (χ1n) is 5.63. The predicted octanol–water partition coefficient (Wildman–Crippen LogP) is -1.81. The Labute approximate surface area is 104 Å². The van der Waals surface area contributed by atoms with Crippen molar-refractivity contribution in [1.29, 1.82) is 0 Å². The molecule has 0 aromatic rings. The maximum absolute atomic E-state index is 11.3. The van der Waals surface area contributed by atoms with Gasteiger partial charge in [0, 0.05) is 7.11 Å². The van der Waals surface area contributed by atoms with Crippen LogP contribution in [0.3, 0.4) is 0 Å². The Balaban J connectivity index is 2.71. The fourth-order valence-corrected chi connectivity index (χ4v) is 1.75. The molecular weight excluding hydrogens is 246 g/mol. The van der Waals surface area contributed by atoms with Gasteiger partial charge in [0.25, 0.3) is 0 Å². The molecule has 0 aromatic carbocycles. The van der Waals surface area contributed by atoms with Gasteiger partial charge in [-0.15, -0.1) is 0 Å². The second-order valence-corrected chi connectivity index (χ2v) is 3.83. The summed E-state index contributed by atoms with van der Waals surface area (Å²) in [6, 6.07) is -0.980. The molecule has 0 spiro atoms. The first kappa shape index (κ1) is 15.1. The summed E-state index contributed by atoms with van der Waals surface area (Å²) in [7, 11) is 1.32. The Bertz CT molecular complexity index is 273. The fourth-order valence-electron chi connectivity index (χ4n) is 1.75. The van der Waals surface area contributed by atoms with Crippen molar-refractivity contribution in [2.75, 3.05) is 20.3 Å². The van der Waals surface area contributed by atoms with E-state index in [1.165, 1.54) is 7.11 Å². The Morgan fingerprint density at radius 2 is 2.06 bits per heavy atom. The molecule has 1 aliphatic rings.